The van der Waals surface area contributed by atoms with E-state index in [1.807, 2.05) is 36.4 Å². The molecule has 9 heteroatoms. The van der Waals surface area contributed by atoms with Gasteiger partial charge in [-0.15, -0.1) is 0 Å². The largest absolute Gasteiger partial charge is 0.494 e. The zero-order valence-corrected chi connectivity index (χ0v) is 27.6. The van der Waals surface area contributed by atoms with Crippen LogP contribution < -0.4 is 14.8 Å². The Morgan fingerprint density at radius 2 is 1.77 bits per heavy atom. The van der Waals surface area contributed by atoms with Crippen LogP contribution in [0.1, 0.15) is 79.7 Å². The molecule has 9 nitrogen and oxygen atoms in total. The smallest absolute Gasteiger partial charge is 0.407 e. The van der Waals surface area contributed by atoms with Crippen LogP contribution in [0, 0.1) is 0 Å². The van der Waals surface area contributed by atoms with E-state index in [0.717, 1.165) is 66.0 Å². The molecule has 0 aromatic heterocycles. The molecule has 2 amide bonds. The maximum Gasteiger partial charge on any atom is 0.407 e. The predicted octanol–water partition coefficient (Wildman–Crippen LogP) is 7.39. The number of hydrogen-bond donors (Lipinski definition) is 2. The summed E-state index contributed by atoms with van der Waals surface area (Å²) >= 11 is 0. The topological polar surface area (TPSA) is 107 Å². The molecule has 1 saturated heterocycles. The summed E-state index contributed by atoms with van der Waals surface area (Å²) in [6.07, 6.45) is 4.53. The summed E-state index contributed by atoms with van der Waals surface area (Å²) < 4.78 is 24.2. The number of fused-ring (bicyclic) bond motifs is 1. The van der Waals surface area contributed by atoms with Crippen LogP contribution >= 0.6 is 0 Å². The third kappa shape index (κ3) is 9.49. The van der Waals surface area contributed by atoms with Gasteiger partial charge in [-0.25, -0.2) is 4.79 Å². The first kappa shape index (κ1) is 34.3. The van der Waals surface area contributed by atoms with E-state index in [0.29, 0.717) is 45.6 Å². The van der Waals surface area contributed by atoms with Gasteiger partial charge < -0.3 is 34.3 Å². The number of nitrogens with zero attached hydrogens (tertiary/aromatic N) is 1. The molecule has 1 fully saturated rings. The minimum Gasteiger partial charge on any atom is -0.494 e. The van der Waals surface area contributed by atoms with Crippen molar-refractivity contribution >= 4 is 17.7 Å². The highest BCUT2D eigenvalue weighted by Gasteiger charge is 2.35. The lowest BCUT2D eigenvalue weighted by atomic mass is 9.86. The van der Waals surface area contributed by atoms with Crippen molar-refractivity contribution < 1.29 is 33.6 Å². The van der Waals surface area contributed by atoms with Gasteiger partial charge >= 0.3 is 6.09 Å². The Balaban J connectivity index is 1.21. The number of likely N-dealkylation sites (tertiary alicyclic amines) is 1. The van der Waals surface area contributed by atoms with E-state index < -0.39 is 6.09 Å². The third-order valence-electron chi connectivity index (χ3n) is 9.11. The van der Waals surface area contributed by atoms with Gasteiger partial charge in [0.2, 0.25) is 5.91 Å². The lowest BCUT2D eigenvalue weighted by molar-refractivity contribution is -0.116. The van der Waals surface area contributed by atoms with Gasteiger partial charge in [-0.05, 0) is 91.5 Å². The second kappa shape index (κ2) is 17.2. The van der Waals surface area contributed by atoms with Crippen LogP contribution in [0.2, 0.25) is 0 Å². The molecular formula is C38H48N2O7. The van der Waals surface area contributed by atoms with Crippen LogP contribution in [0.5, 0.6) is 11.5 Å². The van der Waals surface area contributed by atoms with E-state index in [4.69, 9.17) is 18.9 Å². The van der Waals surface area contributed by atoms with Crippen LogP contribution in [0.3, 0.4) is 0 Å². The number of methoxy groups -OCH3 is 1. The Bertz CT molecular complexity index is 1460. The fraction of sp³-hybridized carbons (Fsp3) is 0.474. The Hall–Kier alpha value is -4.08. The summed E-state index contributed by atoms with van der Waals surface area (Å²) in [6, 6.07) is 22.5. The summed E-state index contributed by atoms with van der Waals surface area (Å²) in [5, 5.41) is 12.8. The lowest BCUT2D eigenvalue weighted by Crippen LogP contribution is -2.46. The minimum atomic E-state index is -0.937. The first-order valence-electron chi connectivity index (χ1n) is 16.9. The second-order valence-electron chi connectivity index (χ2n) is 12.3. The summed E-state index contributed by atoms with van der Waals surface area (Å²) in [5.41, 5.74) is 5.24. The lowest BCUT2D eigenvalue weighted by Gasteiger charge is -2.39. The molecule has 0 aliphatic carbocycles. The molecule has 3 unspecified atom stereocenters. The third-order valence-corrected chi connectivity index (χ3v) is 9.11. The van der Waals surface area contributed by atoms with Crippen LogP contribution in [-0.4, -0.2) is 68.1 Å². The molecule has 3 atom stereocenters. The number of para-hydroxylation sites is 1. The number of benzene rings is 3. The fourth-order valence-corrected chi connectivity index (χ4v) is 6.46. The van der Waals surface area contributed by atoms with Crippen molar-refractivity contribution in [1.82, 2.24) is 4.90 Å². The molecule has 252 valence electrons. The van der Waals surface area contributed by atoms with Gasteiger partial charge in [-0.2, -0.15) is 0 Å². The Kier molecular flexibility index (Phi) is 12.5. The van der Waals surface area contributed by atoms with Crippen molar-refractivity contribution in [2.75, 3.05) is 45.3 Å². The van der Waals surface area contributed by atoms with Crippen molar-refractivity contribution in [3.05, 3.63) is 89.0 Å². The SMILES string of the molecule is CCc1ccccc1OCCCCOc1ccc(C2CCN(C(=O)O)CC2OC(CCCOC)c2ccc3c(c2)NC(=O)CC3)cc1. The van der Waals surface area contributed by atoms with E-state index in [1.54, 1.807) is 7.11 Å². The molecule has 3 aromatic rings. The first-order valence-corrected chi connectivity index (χ1v) is 16.9. The van der Waals surface area contributed by atoms with Gasteiger partial charge in [0.15, 0.2) is 0 Å². The normalized spacial score (nSPS) is 18.3. The number of ether oxygens (including phenoxy) is 4. The number of carbonyl (C=O) groups is 2. The van der Waals surface area contributed by atoms with Crippen molar-refractivity contribution in [3.63, 3.8) is 0 Å². The van der Waals surface area contributed by atoms with E-state index in [1.165, 1.54) is 10.5 Å². The van der Waals surface area contributed by atoms with Crippen molar-refractivity contribution in [1.29, 1.82) is 0 Å². The molecule has 0 bridgehead atoms. The first-order chi connectivity index (χ1) is 22.9. The minimum absolute atomic E-state index is 0.0186. The van der Waals surface area contributed by atoms with E-state index in [2.05, 4.69) is 42.6 Å². The number of rotatable bonds is 16. The number of piperidine rings is 1. The number of aryl methyl sites for hydroxylation is 2. The van der Waals surface area contributed by atoms with Gasteiger partial charge in [0.1, 0.15) is 11.5 Å². The maximum atomic E-state index is 12.1. The molecule has 2 aliphatic rings. The van der Waals surface area contributed by atoms with Gasteiger partial charge in [-0.1, -0.05) is 49.4 Å². The van der Waals surface area contributed by atoms with Crippen LogP contribution in [0.4, 0.5) is 10.5 Å². The van der Waals surface area contributed by atoms with Crippen LogP contribution in [0.15, 0.2) is 66.7 Å². The van der Waals surface area contributed by atoms with Gasteiger partial charge in [0, 0.05) is 38.3 Å². The standard InChI is InChI=1S/C38H48N2O7/c1-3-27-9-4-5-10-34(27)46-24-7-6-23-45-31-17-14-28(15-18-31)32-20-21-40(38(42)43)26-36(32)47-35(11-8-22-44-2)30-13-12-29-16-19-37(41)39-33(29)25-30/h4-5,9-10,12-15,17-18,25,32,35-36H,3,6-8,11,16,19-24,26H2,1-2H3,(H,39,41)(H,42,43). The summed E-state index contributed by atoms with van der Waals surface area (Å²) in [4.78, 5) is 25.5. The number of hydrogen-bond acceptors (Lipinski definition) is 6. The van der Waals surface area contributed by atoms with Crippen molar-refractivity contribution in [2.45, 2.75) is 76.4 Å². The number of amides is 2. The Morgan fingerprint density at radius 3 is 2.53 bits per heavy atom. The quantitative estimate of drug-likeness (QED) is 0.157. The fourth-order valence-electron chi connectivity index (χ4n) is 6.46. The second-order valence-corrected chi connectivity index (χ2v) is 12.3. The van der Waals surface area contributed by atoms with E-state index in [9.17, 15) is 14.7 Å². The van der Waals surface area contributed by atoms with Gasteiger partial charge in [-0.3, -0.25) is 4.79 Å². The number of anilines is 1. The maximum absolute atomic E-state index is 12.1. The highest BCUT2D eigenvalue weighted by Crippen LogP contribution is 2.37. The predicted molar refractivity (Wildman–Crippen MR) is 182 cm³/mol. The molecule has 0 radical (unpaired) electrons. The number of nitrogens with one attached hydrogen (secondary N) is 1. The van der Waals surface area contributed by atoms with E-state index in [-0.39, 0.29) is 30.6 Å². The molecule has 3 aromatic carbocycles. The summed E-state index contributed by atoms with van der Waals surface area (Å²) in [5.74, 6) is 1.80. The number of carbonyl (C=O) groups excluding carboxylic acids is 1. The monoisotopic (exact) mass is 644 g/mol. The molecule has 2 N–H and O–H groups in total. The zero-order chi connectivity index (χ0) is 33.0. The summed E-state index contributed by atoms with van der Waals surface area (Å²) in [6.45, 7) is 4.72. The average Bonchev–Trinajstić information content (AvgIpc) is 3.09. The molecule has 0 saturated carbocycles. The van der Waals surface area contributed by atoms with E-state index >= 15 is 0 Å². The van der Waals surface area contributed by atoms with Crippen molar-refractivity contribution in [3.8, 4) is 11.5 Å². The molecular weight excluding hydrogens is 596 g/mol. The average molecular weight is 645 g/mol. The Labute approximate surface area is 278 Å². The van der Waals surface area contributed by atoms with Crippen LogP contribution in [-0.2, 0) is 27.1 Å². The molecule has 47 heavy (non-hydrogen) atoms. The van der Waals surface area contributed by atoms with Crippen molar-refractivity contribution in [2.24, 2.45) is 0 Å². The molecule has 2 aliphatic heterocycles. The highest BCUT2D eigenvalue weighted by molar-refractivity contribution is 5.94. The summed E-state index contributed by atoms with van der Waals surface area (Å²) in [7, 11) is 1.68. The van der Waals surface area contributed by atoms with Crippen LogP contribution in [0.25, 0.3) is 0 Å². The van der Waals surface area contributed by atoms with Gasteiger partial charge in [0.05, 0.1) is 32.0 Å². The molecule has 2 heterocycles. The number of carboxylic acid groups (broad SMARTS) is 1. The molecule has 0 spiro atoms. The Morgan fingerprint density at radius 1 is 0.979 bits per heavy atom. The number of unbranched alkanes of at least 4 members (excludes halogenated alkanes) is 1. The van der Waals surface area contributed by atoms with Gasteiger partial charge in [0.25, 0.3) is 0 Å². The zero-order valence-electron chi connectivity index (χ0n) is 27.6. The molecule has 5 rings (SSSR count). The highest BCUT2D eigenvalue weighted by atomic mass is 16.5.